The fraction of sp³-hybridized carbons (Fsp3) is 0.552. The van der Waals surface area contributed by atoms with E-state index in [-0.39, 0.29) is 17.6 Å². The standard InChI is InChI=1S/C29H38ClN3O6S2/c1-29(2)22-17-21(16-20(19-31)27(34)35)40-25(22)26-23(29)18-24(41-26)33(3)10-13-39-28(36)32-9-12-38-15-14-37-11-7-5-4-6-8-30/h16-18H,4-15H2,1-3H3,(H,32,36)(H,34,35)/b20-16+. The summed E-state index contributed by atoms with van der Waals surface area (Å²) >= 11 is 8.81. The molecule has 1 amide bonds. The zero-order chi connectivity index (χ0) is 29.8. The number of thiophene rings is 2. The van der Waals surface area contributed by atoms with Crippen LogP contribution in [0, 0.1) is 11.3 Å². The summed E-state index contributed by atoms with van der Waals surface area (Å²) in [6.07, 6.45) is 5.29. The van der Waals surface area contributed by atoms with Gasteiger partial charge in [-0.2, -0.15) is 5.26 Å². The lowest BCUT2D eigenvalue weighted by atomic mass is 9.84. The van der Waals surface area contributed by atoms with Crippen LogP contribution >= 0.6 is 34.3 Å². The summed E-state index contributed by atoms with van der Waals surface area (Å²) in [5, 5.41) is 22.1. The minimum Gasteiger partial charge on any atom is -0.477 e. The van der Waals surface area contributed by atoms with Crippen LogP contribution in [-0.4, -0.2) is 76.2 Å². The highest BCUT2D eigenvalue weighted by atomic mass is 35.5. The highest BCUT2D eigenvalue weighted by Gasteiger charge is 2.39. The topological polar surface area (TPSA) is 121 Å². The van der Waals surface area contributed by atoms with Crippen molar-refractivity contribution in [2.75, 3.05) is 64.0 Å². The summed E-state index contributed by atoms with van der Waals surface area (Å²) in [6, 6.07) is 5.89. The molecule has 2 N–H and O–H groups in total. The number of rotatable bonds is 18. The van der Waals surface area contributed by atoms with Gasteiger partial charge >= 0.3 is 12.1 Å². The Hall–Kier alpha value is -2.62. The molecular formula is C29H38ClN3O6S2. The number of fused-ring (bicyclic) bond motifs is 3. The van der Waals surface area contributed by atoms with Crippen LogP contribution in [0.15, 0.2) is 17.7 Å². The number of carbonyl (C=O) groups excluding carboxylic acids is 1. The number of alkyl carbamates (subject to hydrolysis) is 1. The quantitative estimate of drug-likeness (QED) is 0.0884. The van der Waals surface area contributed by atoms with Crippen molar-refractivity contribution in [2.45, 2.75) is 44.9 Å². The number of carbonyl (C=O) groups is 2. The van der Waals surface area contributed by atoms with E-state index in [4.69, 9.17) is 31.1 Å². The average Bonchev–Trinajstić information content (AvgIpc) is 3.61. The molecule has 12 heteroatoms. The molecule has 0 bridgehead atoms. The van der Waals surface area contributed by atoms with Gasteiger partial charge in [0.2, 0.25) is 0 Å². The van der Waals surface area contributed by atoms with Gasteiger partial charge in [0.05, 0.1) is 36.2 Å². The first-order valence-electron chi connectivity index (χ1n) is 13.7. The van der Waals surface area contributed by atoms with Gasteiger partial charge in [0, 0.05) is 41.2 Å². The Labute approximate surface area is 254 Å². The van der Waals surface area contributed by atoms with E-state index in [1.54, 1.807) is 17.4 Å². The molecule has 0 radical (unpaired) electrons. The molecular weight excluding hydrogens is 586 g/mol. The lowest BCUT2D eigenvalue weighted by Gasteiger charge is -2.20. The zero-order valence-electron chi connectivity index (χ0n) is 23.8. The van der Waals surface area contributed by atoms with Gasteiger partial charge < -0.3 is 29.5 Å². The number of aliphatic carboxylic acids is 1. The highest BCUT2D eigenvalue weighted by molar-refractivity contribution is 7.25. The molecule has 41 heavy (non-hydrogen) atoms. The molecule has 0 aliphatic heterocycles. The minimum absolute atomic E-state index is 0.235. The van der Waals surface area contributed by atoms with Crippen LogP contribution in [-0.2, 0) is 24.4 Å². The van der Waals surface area contributed by atoms with Crippen LogP contribution in [0.3, 0.4) is 0 Å². The smallest absolute Gasteiger partial charge is 0.407 e. The van der Waals surface area contributed by atoms with Gasteiger partial charge in [-0.15, -0.1) is 34.3 Å². The van der Waals surface area contributed by atoms with E-state index in [0.29, 0.717) is 38.8 Å². The van der Waals surface area contributed by atoms with Crippen molar-refractivity contribution in [1.82, 2.24) is 5.32 Å². The predicted molar refractivity (Wildman–Crippen MR) is 164 cm³/mol. The van der Waals surface area contributed by atoms with Crippen LogP contribution in [0.1, 0.15) is 55.5 Å². The number of nitriles is 1. The van der Waals surface area contributed by atoms with E-state index >= 15 is 0 Å². The molecule has 224 valence electrons. The molecule has 9 nitrogen and oxygen atoms in total. The lowest BCUT2D eigenvalue weighted by Crippen LogP contribution is -2.31. The number of anilines is 1. The summed E-state index contributed by atoms with van der Waals surface area (Å²) in [6.45, 7) is 7.56. The zero-order valence-corrected chi connectivity index (χ0v) is 26.2. The molecule has 0 aromatic carbocycles. The van der Waals surface area contributed by atoms with Crippen molar-refractivity contribution in [3.63, 3.8) is 0 Å². The summed E-state index contributed by atoms with van der Waals surface area (Å²) in [7, 11) is 1.96. The molecule has 0 saturated heterocycles. The molecule has 2 aromatic rings. The number of likely N-dealkylation sites (N-methyl/N-ethyl adjacent to an activating group) is 1. The summed E-state index contributed by atoms with van der Waals surface area (Å²) in [5.41, 5.74) is 1.83. The summed E-state index contributed by atoms with van der Waals surface area (Å²) < 4.78 is 16.3. The molecule has 0 saturated carbocycles. The lowest BCUT2D eigenvalue weighted by molar-refractivity contribution is -0.132. The Kier molecular flexibility index (Phi) is 12.9. The Morgan fingerprint density at radius 3 is 2.44 bits per heavy atom. The SMILES string of the molecule is CN(CCOC(=O)NCCOCCOCCCCCCCl)c1cc2c(s1)-c1sc(/C=C(\C#N)C(=O)O)cc1C2(C)C. The Morgan fingerprint density at radius 1 is 1.05 bits per heavy atom. The molecule has 3 rings (SSSR count). The van der Waals surface area contributed by atoms with Gasteiger partial charge in [0.1, 0.15) is 18.2 Å². The van der Waals surface area contributed by atoms with Gasteiger partial charge in [-0.1, -0.05) is 26.7 Å². The number of carboxylic acid groups (broad SMARTS) is 1. The largest absolute Gasteiger partial charge is 0.477 e. The number of nitrogens with one attached hydrogen (secondary N) is 1. The van der Waals surface area contributed by atoms with Gasteiger partial charge in [0.15, 0.2) is 0 Å². The van der Waals surface area contributed by atoms with Gasteiger partial charge in [-0.05, 0) is 42.2 Å². The monoisotopic (exact) mass is 623 g/mol. The molecule has 0 unspecified atom stereocenters. The van der Waals surface area contributed by atoms with Crippen molar-refractivity contribution in [3.8, 4) is 15.8 Å². The van der Waals surface area contributed by atoms with Gasteiger partial charge in [0.25, 0.3) is 0 Å². The second-order valence-corrected chi connectivity index (χ2v) is 12.6. The molecule has 0 atom stereocenters. The van der Waals surface area contributed by atoms with E-state index in [2.05, 4.69) is 30.1 Å². The average molecular weight is 624 g/mol. The molecule has 0 spiro atoms. The van der Waals surface area contributed by atoms with E-state index in [0.717, 1.165) is 57.5 Å². The third kappa shape index (κ3) is 9.18. The Bertz CT molecular complexity index is 1250. The maximum absolute atomic E-state index is 12.0. The maximum atomic E-state index is 12.0. The fourth-order valence-electron chi connectivity index (χ4n) is 4.38. The van der Waals surface area contributed by atoms with Crippen molar-refractivity contribution in [3.05, 3.63) is 33.7 Å². The van der Waals surface area contributed by atoms with Crippen LogP contribution in [0.2, 0.25) is 0 Å². The number of nitrogens with zero attached hydrogens (tertiary/aromatic N) is 2. The van der Waals surface area contributed by atoms with Crippen molar-refractivity contribution in [2.24, 2.45) is 0 Å². The van der Waals surface area contributed by atoms with Crippen LogP contribution < -0.4 is 10.2 Å². The van der Waals surface area contributed by atoms with Crippen LogP contribution in [0.5, 0.6) is 0 Å². The third-order valence-corrected chi connectivity index (χ3v) is 9.52. The number of hydrogen-bond acceptors (Lipinski definition) is 9. The van der Waals surface area contributed by atoms with E-state index in [1.165, 1.54) is 23.0 Å². The summed E-state index contributed by atoms with van der Waals surface area (Å²) in [4.78, 5) is 28.3. The normalized spacial score (nSPS) is 13.4. The number of hydrogen-bond donors (Lipinski definition) is 2. The molecule has 2 aromatic heterocycles. The molecule has 1 aliphatic carbocycles. The highest BCUT2D eigenvalue weighted by Crippen LogP contribution is 2.57. The number of alkyl halides is 1. The van der Waals surface area contributed by atoms with Gasteiger partial charge in [-0.3, -0.25) is 0 Å². The Balaban J connectivity index is 1.37. The fourth-order valence-corrected chi connectivity index (χ4v) is 7.29. The number of unbranched alkanes of at least 4 members (excludes halogenated alkanes) is 3. The summed E-state index contributed by atoms with van der Waals surface area (Å²) in [5.74, 6) is -0.515. The third-order valence-electron chi connectivity index (χ3n) is 6.76. The number of halogens is 1. The first-order valence-corrected chi connectivity index (χ1v) is 15.8. The van der Waals surface area contributed by atoms with Crippen LogP contribution in [0.25, 0.3) is 15.8 Å². The first kappa shape index (κ1) is 32.9. The number of ether oxygens (including phenoxy) is 3. The maximum Gasteiger partial charge on any atom is 0.407 e. The second-order valence-electron chi connectivity index (χ2n) is 10.1. The predicted octanol–water partition coefficient (Wildman–Crippen LogP) is 6.10. The van der Waals surface area contributed by atoms with Crippen molar-refractivity contribution < 1.29 is 28.9 Å². The second kappa shape index (κ2) is 16.1. The van der Waals surface area contributed by atoms with Crippen molar-refractivity contribution in [1.29, 1.82) is 5.26 Å². The number of carboxylic acids is 1. The van der Waals surface area contributed by atoms with Crippen molar-refractivity contribution >= 4 is 57.4 Å². The molecule has 0 fully saturated rings. The van der Waals surface area contributed by atoms with E-state index in [9.17, 15) is 14.7 Å². The van der Waals surface area contributed by atoms with Gasteiger partial charge in [-0.25, -0.2) is 9.59 Å². The Morgan fingerprint density at radius 2 is 1.73 bits per heavy atom. The molecule has 2 heterocycles. The van der Waals surface area contributed by atoms with E-state index < -0.39 is 12.1 Å². The van der Waals surface area contributed by atoms with E-state index in [1.807, 2.05) is 13.1 Å². The first-order chi connectivity index (χ1) is 19.7. The number of amides is 1. The molecule has 1 aliphatic rings. The minimum atomic E-state index is -1.23. The van der Waals surface area contributed by atoms with Crippen LogP contribution in [0.4, 0.5) is 9.80 Å².